The number of hydrogen-bond acceptors (Lipinski definition) is 5. The summed E-state index contributed by atoms with van der Waals surface area (Å²) < 4.78 is 13.8. The van der Waals surface area contributed by atoms with Crippen molar-refractivity contribution in [3.05, 3.63) is 40.6 Å². The maximum absolute atomic E-state index is 13.2. The first-order valence-corrected chi connectivity index (χ1v) is 6.57. The van der Waals surface area contributed by atoms with Gasteiger partial charge in [0.2, 0.25) is 0 Å². The van der Waals surface area contributed by atoms with Crippen LogP contribution in [0.25, 0.3) is 0 Å². The molecule has 0 saturated carbocycles. The van der Waals surface area contributed by atoms with Gasteiger partial charge in [0.25, 0.3) is 5.91 Å². The molecule has 0 aliphatic heterocycles. The van der Waals surface area contributed by atoms with E-state index in [-0.39, 0.29) is 11.4 Å². The lowest BCUT2D eigenvalue weighted by Crippen LogP contribution is -2.17. The minimum atomic E-state index is -0.585. The lowest BCUT2D eigenvalue weighted by atomic mass is 10.2. The van der Waals surface area contributed by atoms with Crippen molar-refractivity contribution in [2.45, 2.75) is 6.92 Å². The van der Waals surface area contributed by atoms with Gasteiger partial charge >= 0.3 is 0 Å². The summed E-state index contributed by atoms with van der Waals surface area (Å²) in [5.74, 6) is -0.510. The van der Waals surface area contributed by atoms with Gasteiger partial charge in [0.1, 0.15) is 16.2 Å². The molecule has 0 aromatic carbocycles. The molecule has 6 nitrogen and oxygen atoms in total. The largest absolute Gasteiger partial charge is 0.370 e. The van der Waals surface area contributed by atoms with Gasteiger partial charge in [0.15, 0.2) is 5.82 Å². The maximum Gasteiger partial charge on any atom is 0.260 e. The molecule has 2 aromatic heterocycles. The number of anilines is 2. The van der Waals surface area contributed by atoms with Gasteiger partial charge in [-0.3, -0.25) is 4.79 Å². The number of carbonyl (C=O) groups excluding carboxylic acids is 1. The zero-order valence-corrected chi connectivity index (χ0v) is 12.1. The van der Waals surface area contributed by atoms with Gasteiger partial charge in [-0.2, -0.15) is 0 Å². The minimum absolute atomic E-state index is 0.108. The molecule has 0 saturated heterocycles. The number of aromatic nitrogens is 3. The molecule has 0 bridgehead atoms. The number of pyridine rings is 1. The predicted octanol–water partition coefficient (Wildman–Crippen LogP) is 2.46. The molecule has 2 heterocycles. The Kier molecular flexibility index (Phi) is 4.57. The Hall–Kier alpha value is -2.09. The van der Waals surface area contributed by atoms with Crippen molar-refractivity contribution < 1.29 is 9.18 Å². The Morgan fingerprint density at radius 3 is 2.75 bits per heavy atom. The van der Waals surface area contributed by atoms with Crippen LogP contribution in [0.5, 0.6) is 0 Å². The van der Waals surface area contributed by atoms with Crippen LogP contribution >= 0.6 is 15.9 Å². The summed E-state index contributed by atoms with van der Waals surface area (Å²) in [5, 5.41) is 5.43. The van der Waals surface area contributed by atoms with Crippen molar-refractivity contribution in [2.24, 2.45) is 0 Å². The van der Waals surface area contributed by atoms with Crippen molar-refractivity contribution in [2.75, 3.05) is 17.2 Å². The lowest BCUT2D eigenvalue weighted by molar-refractivity contribution is 0.102. The van der Waals surface area contributed by atoms with Crippen LogP contribution in [-0.2, 0) is 0 Å². The van der Waals surface area contributed by atoms with Crippen LogP contribution in [0.3, 0.4) is 0 Å². The Labute approximate surface area is 123 Å². The number of nitrogens with one attached hydrogen (secondary N) is 2. The number of hydrogen-bond donors (Lipinski definition) is 2. The highest BCUT2D eigenvalue weighted by atomic mass is 79.9. The maximum atomic E-state index is 13.2. The van der Waals surface area contributed by atoms with Gasteiger partial charge in [-0.15, -0.1) is 0 Å². The van der Waals surface area contributed by atoms with E-state index < -0.39 is 11.7 Å². The second kappa shape index (κ2) is 6.38. The number of nitrogens with zero attached hydrogens (tertiary/aromatic N) is 3. The molecule has 2 aromatic rings. The molecule has 0 aliphatic carbocycles. The predicted molar refractivity (Wildman–Crippen MR) is 76.0 cm³/mol. The Morgan fingerprint density at radius 1 is 1.30 bits per heavy atom. The average molecular weight is 340 g/mol. The molecule has 0 radical (unpaired) electrons. The zero-order chi connectivity index (χ0) is 14.5. The van der Waals surface area contributed by atoms with Crippen molar-refractivity contribution in [1.29, 1.82) is 0 Å². The molecule has 0 unspecified atom stereocenters. The summed E-state index contributed by atoms with van der Waals surface area (Å²) in [5.41, 5.74) is 0.108. The molecule has 0 fully saturated rings. The van der Waals surface area contributed by atoms with E-state index in [4.69, 9.17) is 0 Å². The smallest absolute Gasteiger partial charge is 0.260 e. The van der Waals surface area contributed by atoms with E-state index in [2.05, 4.69) is 41.5 Å². The molecular formula is C12H11BrFN5O. The first kappa shape index (κ1) is 14.3. The molecule has 20 heavy (non-hydrogen) atoms. The highest BCUT2D eigenvalue weighted by Crippen LogP contribution is 2.15. The van der Waals surface area contributed by atoms with E-state index in [0.29, 0.717) is 17.0 Å². The quantitative estimate of drug-likeness (QED) is 0.894. The van der Waals surface area contributed by atoms with Gasteiger partial charge < -0.3 is 10.6 Å². The summed E-state index contributed by atoms with van der Waals surface area (Å²) in [7, 11) is 0. The van der Waals surface area contributed by atoms with Crippen molar-refractivity contribution in [3.8, 4) is 0 Å². The van der Waals surface area contributed by atoms with Crippen LogP contribution in [0.4, 0.5) is 16.0 Å². The van der Waals surface area contributed by atoms with Crippen LogP contribution in [0, 0.1) is 5.82 Å². The SMILES string of the molecule is CCNc1ncc(F)cc1C(=O)Nc1cnc(Br)cn1. The number of amides is 1. The summed E-state index contributed by atoms with van der Waals surface area (Å²) in [6, 6.07) is 1.12. The summed E-state index contributed by atoms with van der Waals surface area (Å²) in [6.07, 6.45) is 3.89. The average Bonchev–Trinajstić information content (AvgIpc) is 2.43. The van der Waals surface area contributed by atoms with Crippen molar-refractivity contribution in [1.82, 2.24) is 15.0 Å². The van der Waals surface area contributed by atoms with Crippen LogP contribution in [-0.4, -0.2) is 27.4 Å². The van der Waals surface area contributed by atoms with Gasteiger partial charge in [-0.05, 0) is 28.9 Å². The highest BCUT2D eigenvalue weighted by Gasteiger charge is 2.14. The third kappa shape index (κ3) is 3.47. The van der Waals surface area contributed by atoms with Crippen LogP contribution in [0.2, 0.25) is 0 Å². The molecule has 2 N–H and O–H groups in total. The summed E-state index contributed by atoms with van der Waals surface area (Å²) in [4.78, 5) is 23.9. The Bertz CT molecular complexity index is 620. The van der Waals surface area contributed by atoms with E-state index in [1.807, 2.05) is 6.92 Å². The molecule has 0 aliphatic rings. The van der Waals surface area contributed by atoms with E-state index >= 15 is 0 Å². The van der Waals surface area contributed by atoms with E-state index in [1.54, 1.807) is 0 Å². The van der Waals surface area contributed by atoms with E-state index in [0.717, 1.165) is 12.3 Å². The molecule has 8 heteroatoms. The highest BCUT2D eigenvalue weighted by molar-refractivity contribution is 9.10. The van der Waals surface area contributed by atoms with E-state index in [9.17, 15) is 9.18 Å². The van der Waals surface area contributed by atoms with Crippen LogP contribution in [0.1, 0.15) is 17.3 Å². The van der Waals surface area contributed by atoms with Crippen molar-refractivity contribution >= 4 is 33.5 Å². The van der Waals surface area contributed by atoms with Gasteiger partial charge in [0.05, 0.1) is 24.2 Å². The normalized spacial score (nSPS) is 10.2. The standard InChI is InChI=1S/C12H11BrFN5O/c1-2-15-11-8(3-7(14)4-18-11)12(20)19-10-6-16-9(13)5-17-10/h3-6H,2H2,1H3,(H,15,18)(H,17,19,20). The fraction of sp³-hybridized carbons (Fsp3) is 0.167. The molecule has 0 spiro atoms. The topological polar surface area (TPSA) is 79.8 Å². The third-order valence-electron chi connectivity index (χ3n) is 2.31. The van der Waals surface area contributed by atoms with E-state index in [1.165, 1.54) is 12.4 Å². The van der Waals surface area contributed by atoms with Gasteiger partial charge in [-0.1, -0.05) is 0 Å². The van der Waals surface area contributed by atoms with Crippen molar-refractivity contribution in [3.63, 3.8) is 0 Å². The van der Waals surface area contributed by atoms with Gasteiger partial charge in [-0.25, -0.2) is 19.3 Å². The number of halogens is 2. The Morgan fingerprint density at radius 2 is 2.10 bits per heavy atom. The number of carbonyl (C=O) groups is 1. The molecule has 2 rings (SSSR count). The molecule has 1 amide bonds. The molecular weight excluding hydrogens is 329 g/mol. The first-order chi connectivity index (χ1) is 9.60. The van der Waals surface area contributed by atoms with Crippen LogP contribution in [0.15, 0.2) is 29.3 Å². The lowest BCUT2D eigenvalue weighted by Gasteiger charge is -2.09. The number of rotatable bonds is 4. The molecule has 0 atom stereocenters. The first-order valence-electron chi connectivity index (χ1n) is 5.78. The minimum Gasteiger partial charge on any atom is -0.370 e. The zero-order valence-electron chi connectivity index (χ0n) is 10.5. The fourth-order valence-electron chi connectivity index (χ4n) is 1.48. The second-order valence-corrected chi connectivity index (χ2v) is 4.57. The summed E-state index contributed by atoms with van der Waals surface area (Å²) in [6.45, 7) is 2.42. The second-order valence-electron chi connectivity index (χ2n) is 3.76. The molecule has 104 valence electrons. The van der Waals surface area contributed by atoms with Gasteiger partial charge in [0, 0.05) is 6.54 Å². The monoisotopic (exact) mass is 339 g/mol. The fourth-order valence-corrected chi connectivity index (χ4v) is 1.69. The van der Waals surface area contributed by atoms with Crippen LogP contribution < -0.4 is 10.6 Å². The summed E-state index contributed by atoms with van der Waals surface area (Å²) >= 11 is 3.14. The Balaban J connectivity index is 2.23. The third-order valence-corrected chi connectivity index (χ3v) is 2.71.